The van der Waals surface area contributed by atoms with E-state index in [4.69, 9.17) is 16.7 Å². The van der Waals surface area contributed by atoms with Gasteiger partial charge in [0.2, 0.25) is 0 Å². The van der Waals surface area contributed by atoms with Crippen molar-refractivity contribution in [3.8, 4) is 0 Å². The molecule has 1 rings (SSSR count). The average Bonchev–Trinajstić information content (AvgIpc) is 2.06. The molecule has 0 unspecified atom stereocenters. The molecule has 0 saturated heterocycles. The number of aliphatic hydroxyl groups is 1. The second-order valence-corrected chi connectivity index (χ2v) is 3.06. The maximum absolute atomic E-state index is 8.64. The van der Waals surface area contributed by atoms with E-state index in [0.717, 1.165) is 4.47 Å². The van der Waals surface area contributed by atoms with Gasteiger partial charge in [0.05, 0.1) is 12.3 Å². The first-order valence-electron chi connectivity index (χ1n) is 3.65. The van der Waals surface area contributed by atoms with Gasteiger partial charge in [0.25, 0.3) is 0 Å². The van der Waals surface area contributed by atoms with Crippen LogP contribution in [0.1, 0.15) is 19.5 Å². The van der Waals surface area contributed by atoms with Gasteiger partial charge in [0.1, 0.15) is 5.15 Å². The van der Waals surface area contributed by atoms with Crippen molar-refractivity contribution in [2.75, 3.05) is 0 Å². The highest BCUT2D eigenvalue weighted by molar-refractivity contribution is 9.10. The summed E-state index contributed by atoms with van der Waals surface area (Å²) in [6.45, 7) is 3.92. The Balaban J connectivity index is 0.000000561. The standard InChI is InChI=1S/C6H5BrClNO.C2H6/c7-4-1-5(3-10)9-6(8)2-4;1-2/h1-2,10H,3H2;1-2H3. The molecular weight excluding hydrogens is 241 g/mol. The Bertz CT molecular complexity index is 222. The van der Waals surface area contributed by atoms with Crippen molar-refractivity contribution >= 4 is 27.5 Å². The van der Waals surface area contributed by atoms with Crippen molar-refractivity contribution in [2.24, 2.45) is 0 Å². The molecule has 1 aromatic heterocycles. The quantitative estimate of drug-likeness (QED) is 0.780. The Morgan fingerprint density at radius 3 is 2.50 bits per heavy atom. The molecule has 2 nitrogen and oxygen atoms in total. The Hall–Kier alpha value is -0.120. The summed E-state index contributed by atoms with van der Waals surface area (Å²) in [5.74, 6) is 0. The van der Waals surface area contributed by atoms with Crippen LogP contribution in [0.2, 0.25) is 5.15 Å². The summed E-state index contributed by atoms with van der Waals surface area (Å²) in [5.41, 5.74) is 0.569. The number of nitrogens with zero attached hydrogens (tertiary/aromatic N) is 1. The summed E-state index contributed by atoms with van der Waals surface area (Å²) in [5, 5.41) is 9.03. The summed E-state index contributed by atoms with van der Waals surface area (Å²) in [6, 6.07) is 3.38. The third-order valence-corrected chi connectivity index (χ3v) is 1.63. The Morgan fingerprint density at radius 2 is 2.08 bits per heavy atom. The molecule has 0 aliphatic carbocycles. The highest BCUT2D eigenvalue weighted by Crippen LogP contribution is 2.15. The largest absolute Gasteiger partial charge is 0.390 e. The summed E-state index contributed by atoms with van der Waals surface area (Å²) >= 11 is 8.79. The molecule has 0 aliphatic rings. The van der Waals surface area contributed by atoms with Gasteiger partial charge in [-0.2, -0.15) is 0 Å². The van der Waals surface area contributed by atoms with Gasteiger partial charge in [-0.25, -0.2) is 4.98 Å². The number of pyridine rings is 1. The lowest BCUT2D eigenvalue weighted by Gasteiger charge is -1.96. The fraction of sp³-hybridized carbons (Fsp3) is 0.375. The molecule has 1 aromatic rings. The number of hydrogen-bond acceptors (Lipinski definition) is 2. The van der Waals surface area contributed by atoms with Crippen LogP contribution in [-0.4, -0.2) is 10.1 Å². The molecule has 0 bridgehead atoms. The summed E-state index contributed by atoms with van der Waals surface area (Å²) in [4.78, 5) is 3.84. The molecule has 68 valence electrons. The van der Waals surface area contributed by atoms with Crippen LogP contribution in [0, 0.1) is 0 Å². The normalized spacial score (nSPS) is 8.75. The molecule has 1 N–H and O–H groups in total. The molecule has 0 saturated carbocycles. The highest BCUT2D eigenvalue weighted by Gasteiger charge is 1.96. The topological polar surface area (TPSA) is 33.1 Å². The minimum atomic E-state index is -0.0842. The Morgan fingerprint density at radius 1 is 1.50 bits per heavy atom. The minimum absolute atomic E-state index is 0.0842. The van der Waals surface area contributed by atoms with E-state index in [2.05, 4.69) is 20.9 Å². The van der Waals surface area contributed by atoms with Crippen LogP contribution in [0.4, 0.5) is 0 Å². The van der Waals surface area contributed by atoms with Crippen molar-refractivity contribution in [2.45, 2.75) is 20.5 Å². The molecule has 0 radical (unpaired) electrons. The molecule has 0 aliphatic heterocycles. The van der Waals surface area contributed by atoms with Crippen molar-refractivity contribution in [3.63, 3.8) is 0 Å². The van der Waals surface area contributed by atoms with E-state index in [0.29, 0.717) is 10.8 Å². The van der Waals surface area contributed by atoms with Gasteiger partial charge in [-0.15, -0.1) is 0 Å². The van der Waals surface area contributed by atoms with Crippen molar-refractivity contribution in [1.29, 1.82) is 0 Å². The first-order chi connectivity index (χ1) is 5.72. The number of aliphatic hydroxyl groups excluding tert-OH is 1. The van der Waals surface area contributed by atoms with E-state index >= 15 is 0 Å². The van der Waals surface area contributed by atoms with E-state index in [1.54, 1.807) is 12.1 Å². The molecule has 0 fully saturated rings. The van der Waals surface area contributed by atoms with Crippen LogP contribution >= 0.6 is 27.5 Å². The zero-order chi connectivity index (χ0) is 9.56. The fourth-order valence-corrected chi connectivity index (χ4v) is 1.44. The van der Waals surface area contributed by atoms with E-state index < -0.39 is 0 Å². The Labute approximate surface area is 85.7 Å². The van der Waals surface area contributed by atoms with Gasteiger partial charge >= 0.3 is 0 Å². The monoisotopic (exact) mass is 251 g/mol. The second-order valence-electron chi connectivity index (χ2n) is 1.76. The van der Waals surface area contributed by atoms with E-state index in [-0.39, 0.29) is 6.61 Å². The van der Waals surface area contributed by atoms with Crippen molar-refractivity contribution in [3.05, 3.63) is 27.5 Å². The minimum Gasteiger partial charge on any atom is -0.390 e. The van der Waals surface area contributed by atoms with Gasteiger partial charge in [0, 0.05) is 4.47 Å². The summed E-state index contributed by atoms with van der Waals surface area (Å²) in [6.07, 6.45) is 0. The lowest BCUT2D eigenvalue weighted by molar-refractivity contribution is 0.277. The third-order valence-electron chi connectivity index (χ3n) is 0.974. The molecule has 0 atom stereocenters. The zero-order valence-corrected chi connectivity index (χ0v) is 9.35. The zero-order valence-electron chi connectivity index (χ0n) is 7.01. The Kier molecular flexibility index (Phi) is 6.34. The molecule has 4 heteroatoms. The van der Waals surface area contributed by atoms with Gasteiger partial charge in [-0.3, -0.25) is 0 Å². The van der Waals surface area contributed by atoms with E-state index in [1.165, 1.54) is 0 Å². The number of rotatable bonds is 1. The van der Waals surface area contributed by atoms with Crippen LogP contribution in [0.5, 0.6) is 0 Å². The number of hydrogen-bond donors (Lipinski definition) is 1. The lowest BCUT2D eigenvalue weighted by Crippen LogP contribution is -1.88. The molecule has 1 heterocycles. The molecule has 12 heavy (non-hydrogen) atoms. The maximum Gasteiger partial charge on any atom is 0.130 e. The van der Waals surface area contributed by atoms with E-state index in [1.807, 2.05) is 13.8 Å². The predicted molar refractivity (Wildman–Crippen MR) is 54.2 cm³/mol. The molecule has 0 aromatic carbocycles. The molecule has 0 spiro atoms. The van der Waals surface area contributed by atoms with Crippen LogP contribution in [0.15, 0.2) is 16.6 Å². The third kappa shape index (κ3) is 4.04. The second kappa shape index (κ2) is 6.40. The van der Waals surface area contributed by atoms with Gasteiger partial charge in [0.15, 0.2) is 0 Å². The molecular formula is C8H11BrClNO. The van der Waals surface area contributed by atoms with Crippen molar-refractivity contribution in [1.82, 2.24) is 4.98 Å². The van der Waals surface area contributed by atoms with Crippen LogP contribution in [0.3, 0.4) is 0 Å². The smallest absolute Gasteiger partial charge is 0.130 e. The highest BCUT2D eigenvalue weighted by atomic mass is 79.9. The van der Waals surface area contributed by atoms with E-state index in [9.17, 15) is 0 Å². The fourth-order valence-electron chi connectivity index (χ4n) is 0.597. The van der Waals surface area contributed by atoms with Gasteiger partial charge in [-0.05, 0) is 12.1 Å². The number of halogens is 2. The molecule has 0 amide bonds. The van der Waals surface area contributed by atoms with Crippen LogP contribution < -0.4 is 0 Å². The maximum atomic E-state index is 8.64. The SMILES string of the molecule is CC.OCc1cc(Br)cc(Cl)n1. The number of aromatic nitrogens is 1. The van der Waals surface area contributed by atoms with Crippen LogP contribution in [-0.2, 0) is 6.61 Å². The first-order valence-corrected chi connectivity index (χ1v) is 4.82. The van der Waals surface area contributed by atoms with Crippen molar-refractivity contribution < 1.29 is 5.11 Å². The summed E-state index contributed by atoms with van der Waals surface area (Å²) in [7, 11) is 0. The van der Waals surface area contributed by atoms with Crippen LogP contribution in [0.25, 0.3) is 0 Å². The predicted octanol–water partition coefficient (Wildman–Crippen LogP) is 3.02. The lowest BCUT2D eigenvalue weighted by atomic mass is 10.4. The summed E-state index contributed by atoms with van der Waals surface area (Å²) < 4.78 is 0.830. The van der Waals surface area contributed by atoms with Gasteiger partial charge in [-0.1, -0.05) is 41.4 Å². The van der Waals surface area contributed by atoms with Gasteiger partial charge < -0.3 is 5.11 Å². The first kappa shape index (κ1) is 11.9. The average molecular weight is 253 g/mol.